The lowest BCUT2D eigenvalue weighted by Gasteiger charge is -2.22. The fourth-order valence-electron chi connectivity index (χ4n) is 4.29. The third-order valence-corrected chi connectivity index (χ3v) is 6.55. The number of hydrogen-bond donors (Lipinski definition) is 0. The van der Waals surface area contributed by atoms with Crippen LogP contribution in [0.25, 0.3) is 11.4 Å². The third kappa shape index (κ3) is 10.5. The van der Waals surface area contributed by atoms with Crippen molar-refractivity contribution in [2.75, 3.05) is 6.61 Å². The van der Waals surface area contributed by atoms with E-state index in [-0.39, 0.29) is 12.4 Å². The van der Waals surface area contributed by atoms with E-state index in [1.165, 1.54) is 63.4 Å². The van der Waals surface area contributed by atoms with Crippen LogP contribution < -0.4 is 4.74 Å². The van der Waals surface area contributed by atoms with Crippen LogP contribution in [0.5, 0.6) is 5.75 Å². The van der Waals surface area contributed by atoms with E-state index in [1.807, 2.05) is 54.9 Å². The number of rotatable bonds is 18. The molecular formula is C31H44N2O3. The van der Waals surface area contributed by atoms with Crippen LogP contribution in [0.4, 0.5) is 0 Å². The van der Waals surface area contributed by atoms with Crippen LogP contribution in [0.1, 0.15) is 90.0 Å². The zero-order valence-electron chi connectivity index (χ0n) is 22.2. The van der Waals surface area contributed by atoms with E-state index >= 15 is 0 Å². The summed E-state index contributed by atoms with van der Waals surface area (Å²) in [4.78, 5) is 9.19. The first-order valence-electron chi connectivity index (χ1n) is 14.0. The van der Waals surface area contributed by atoms with E-state index in [0.717, 1.165) is 36.4 Å². The summed E-state index contributed by atoms with van der Waals surface area (Å²) in [7, 11) is 0. The molecule has 2 heterocycles. The molecule has 0 aliphatic carbocycles. The van der Waals surface area contributed by atoms with E-state index in [4.69, 9.17) is 14.2 Å². The monoisotopic (exact) mass is 492 g/mol. The molecule has 1 aromatic heterocycles. The fourth-order valence-corrected chi connectivity index (χ4v) is 4.29. The summed E-state index contributed by atoms with van der Waals surface area (Å²) in [5.74, 6) is 1.60. The summed E-state index contributed by atoms with van der Waals surface area (Å²) in [6, 6.07) is 8.00. The molecule has 1 aromatic carbocycles. The van der Waals surface area contributed by atoms with Gasteiger partial charge < -0.3 is 14.2 Å². The van der Waals surface area contributed by atoms with Gasteiger partial charge in [-0.05, 0) is 61.2 Å². The van der Waals surface area contributed by atoms with Gasteiger partial charge in [0.1, 0.15) is 5.75 Å². The molecule has 5 heteroatoms. The van der Waals surface area contributed by atoms with E-state index in [9.17, 15) is 0 Å². The van der Waals surface area contributed by atoms with Crippen LogP contribution in [0, 0.1) is 0 Å². The minimum absolute atomic E-state index is 0.0906. The van der Waals surface area contributed by atoms with Crippen molar-refractivity contribution in [3.63, 3.8) is 0 Å². The standard InChI is InChI=1S/C31H44N2O3/c1-3-5-6-7-8-9-10-11-12-15-26-24-32-31(33-25-26)27-17-19-29(20-18-27)34-23-21-28(4-2)36-30-16-13-14-22-35-30/h13-14,16-20,22,24-25,28,30H,3-12,15,21,23H2,1-2H3. The maximum Gasteiger partial charge on any atom is 0.219 e. The van der Waals surface area contributed by atoms with E-state index < -0.39 is 0 Å². The van der Waals surface area contributed by atoms with Crippen molar-refractivity contribution < 1.29 is 14.2 Å². The second-order valence-electron chi connectivity index (χ2n) is 9.54. The molecule has 1 aliphatic heterocycles. The van der Waals surface area contributed by atoms with Crippen LogP contribution in [0.2, 0.25) is 0 Å². The van der Waals surface area contributed by atoms with Crippen molar-refractivity contribution in [3.05, 3.63) is 66.7 Å². The zero-order valence-corrected chi connectivity index (χ0v) is 22.2. The van der Waals surface area contributed by atoms with Gasteiger partial charge in [-0.1, -0.05) is 71.3 Å². The quantitative estimate of drug-likeness (QED) is 0.196. The summed E-state index contributed by atoms with van der Waals surface area (Å²) in [5, 5.41) is 0. The summed E-state index contributed by atoms with van der Waals surface area (Å²) in [6.07, 6.45) is 26.0. The smallest absolute Gasteiger partial charge is 0.219 e. The second-order valence-corrected chi connectivity index (χ2v) is 9.54. The van der Waals surface area contributed by atoms with E-state index in [1.54, 1.807) is 6.26 Å². The Kier molecular flexibility index (Phi) is 13.1. The van der Waals surface area contributed by atoms with E-state index in [2.05, 4.69) is 23.8 Å². The van der Waals surface area contributed by atoms with Crippen molar-refractivity contribution in [3.8, 4) is 17.1 Å². The largest absolute Gasteiger partial charge is 0.493 e. The SMILES string of the molecule is CCCCCCCCCCCc1cnc(-c2ccc(OCCC(CC)OC3C=CC=CO3)cc2)nc1. The lowest BCUT2D eigenvalue weighted by molar-refractivity contribution is -0.117. The zero-order chi connectivity index (χ0) is 25.3. The molecule has 3 rings (SSSR count). The molecule has 0 saturated carbocycles. The fraction of sp³-hybridized carbons (Fsp3) is 0.548. The summed E-state index contributed by atoms with van der Waals surface area (Å²) >= 11 is 0. The molecule has 0 bridgehead atoms. The predicted octanol–water partition coefficient (Wildman–Crippen LogP) is 8.21. The Morgan fingerprint density at radius 3 is 2.19 bits per heavy atom. The first-order chi connectivity index (χ1) is 17.8. The Morgan fingerprint density at radius 1 is 0.861 bits per heavy atom. The molecule has 0 fully saturated rings. The van der Waals surface area contributed by atoms with Gasteiger partial charge in [0, 0.05) is 24.4 Å². The molecule has 0 spiro atoms. The van der Waals surface area contributed by atoms with Gasteiger partial charge >= 0.3 is 0 Å². The number of hydrogen-bond acceptors (Lipinski definition) is 5. The molecule has 5 nitrogen and oxygen atoms in total. The number of aromatic nitrogens is 2. The van der Waals surface area contributed by atoms with Crippen LogP contribution in [0.15, 0.2) is 61.1 Å². The van der Waals surface area contributed by atoms with Gasteiger partial charge in [-0.2, -0.15) is 0 Å². The second kappa shape index (κ2) is 16.9. The number of ether oxygens (including phenoxy) is 3. The first kappa shape index (κ1) is 27.9. The molecule has 0 N–H and O–H groups in total. The highest BCUT2D eigenvalue weighted by Gasteiger charge is 2.14. The van der Waals surface area contributed by atoms with Gasteiger partial charge in [0.15, 0.2) is 5.82 Å². The summed E-state index contributed by atoms with van der Waals surface area (Å²) in [5.41, 5.74) is 2.22. The lowest BCUT2D eigenvalue weighted by atomic mass is 10.1. The van der Waals surface area contributed by atoms with Crippen molar-refractivity contribution in [1.82, 2.24) is 9.97 Å². The Morgan fingerprint density at radius 2 is 1.56 bits per heavy atom. The highest BCUT2D eigenvalue weighted by atomic mass is 16.7. The molecule has 36 heavy (non-hydrogen) atoms. The molecule has 2 atom stereocenters. The van der Waals surface area contributed by atoms with Crippen LogP contribution in [-0.4, -0.2) is 29.0 Å². The van der Waals surface area contributed by atoms with Crippen molar-refractivity contribution in [1.29, 1.82) is 0 Å². The van der Waals surface area contributed by atoms with Gasteiger partial charge in [-0.3, -0.25) is 0 Å². The number of benzene rings is 1. The molecule has 0 radical (unpaired) electrons. The number of allylic oxidation sites excluding steroid dienone is 2. The molecule has 196 valence electrons. The van der Waals surface area contributed by atoms with Crippen molar-refractivity contribution in [2.45, 2.75) is 103 Å². The topological polar surface area (TPSA) is 53.5 Å². The predicted molar refractivity (Wildman–Crippen MR) is 147 cm³/mol. The molecule has 0 saturated heterocycles. The van der Waals surface area contributed by atoms with Crippen molar-refractivity contribution >= 4 is 0 Å². The minimum Gasteiger partial charge on any atom is -0.493 e. The van der Waals surface area contributed by atoms with Gasteiger partial charge in [-0.25, -0.2) is 9.97 Å². The van der Waals surface area contributed by atoms with E-state index in [0.29, 0.717) is 6.61 Å². The Balaban J connectivity index is 1.33. The van der Waals surface area contributed by atoms with Gasteiger partial charge in [0.25, 0.3) is 0 Å². The lowest BCUT2D eigenvalue weighted by Crippen LogP contribution is -2.24. The molecule has 1 aliphatic rings. The Bertz CT molecular complexity index is 893. The molecular weight excluding hydrogens is 448 g/mol. The minimum atomic E-state index is -0.310. The normalized spacial score (nSPS) is 15.6. The highest BCUT2D eigenvalue weighted by molar-refractivity contribution is 5.55. The van der Waals surface area contributed by atoms with Gasteiger partial charge in [-0.15, -0.1) is 0 Å². The maximum atomic E-state index is 5.97. The first-order valence-corrected chi connectivity index (χ1v) is 14.0. The molecule has 0 amide bonds. The Hall–Kier alpha value is -2.66. The maximum absolute atomic E-state index is 5.97. The van der Waals surface area contributed by atoms with Crippen LogP contribution in [-0.2, 0) is 15.9 Å². The molecule has 2 aromatic rings. The van der Waals surface area contributed by atoms with Crippen molar-refractivity contribution in [2.24, 2.45) is 0 Å². The highest BCUT2D eigenvalue weighted by Crippen LogP contribution is 2.21. The average Bonchev–Trinajstić information content (AvgIpc) is 2.93. The van der Waals surface area contributed by atoms with Crippen LogP contribution in [0.3, 0.4) is 0 Å². The summed E-state index contributed by atoms with van der Waals surface area (Å²) in [6.45, 7) is 4.98. The molecule has 2 unspecified atom stereocenters. The van der Waals surface area contributed by atoms with Gasteiger partial charge in [0.05, 0.1) is 19.0 Å². The van der Waals surface area contributed by atoms with Crippen LogP contribution >= 0.6 is 0 Å². The Labute approximate surface area is 218 Å². The average molecular weight is 493 g/mol. The summed E-state index contributed by atoms with van der Waals surface area (Å²) < 4.78 is 17.3. The number of unbranched alkanes of at least 4 members (excludes halogenated alkanes) is 8. The van der Waals surface area contributed by atoms with Gasteiger partial charge in [0.2, 0.25) is 6.29 Å². The number of aryl methyl sites for hydroxylation is 1. The number of nitrogens with zero attached hydrogens (tertiary/aromatic N) is 2. The third-order valence-electron chi connectivity index (χ3n) is 6.55.